The third-order valence-electron chi connectivity index (χ3n) is 4.72. The summed E-state index contributed by atoms with van der Waals surface area (Å²) < 4.78 is 6.99. The summed E-state index contributed by atoms with van der Waals surface area (Å²) in [5.41, 5.74) is 2.23. The van der Waals surface area contributed by atoms with Crippen LogP contribution in [0.3, 0.4) is 0 Å². The maximum atomic E-state index is 11.7. The lowest BCUT2D eigenvalue weighted by molar-refractivity contribution is -0.135. The second-order valence-corrected chi connectivity index (χ2v) is 6.55. The summed E-state index contributed by atoms with van der Waals surface area (Å²) in [5, 5.41) is 9.55. The van der Waals surface area contributed by atoms with Gasteiger partial charge < -0.3 is 14.4 Å². The van der Waals surface area contributed by atoms with Crippen molar-refractivity contribution in [3.05, 3.63) is 41.7 Å². The minimum absolute atomic E-state index is 0.237. The zero-order valence-corrected chi connectivity index (χ0v) is 14.7. The van der Waals surface area contributed by atoms with Gasteiger partial charge in [0.1, 0.15) is 11.6 Å². The van der Waals surface area contributed by atoms with E-state index in [0.29, 0.717) is 11.6 Å². The smallest absolute Gasteiger partial charge is 0.333 e. The number of nitrogens with zero attached hydrogens (tertiary/aromatic N) is 2. The molecule has 2 aromatic rings. The number of imidazole rings is 1. The van der Waals surface area contributed by atoms with Crippen LogP contribution in [-0.4, -0.2) is 27.7 Å². The topological polar surface area (TPSA) is 64.3 Å². The zero-order chi connectivity index (χ0) is 17.8. The van der Waals surface area contributed by atoms with Gasteiger partial charge in [-0.3, -0.25) is 0 Å². The van der Waals surface area contributed by atoms with Gasteiger partial charge in [-0.2, -0.15) is 0 Å². The zero-order valence-electron chi connectivity index (χ0n) is 14.7. The molecule has 5 nitrogen and oxygen atoms in total. The fraction of sp³-hybridized carbons (Fsp3) is 0.400. The molecule has 0 amide bonds. The van der Waals surface area contributed by atoms with Crippen molar-refractivity contribution < 1.29 is 14.6 Å². The first-order valence-electron chi connectivity index (χ1n) is 8.73. The molecule has 0 bridgehead atoms. The average molecular weight is 340 g/mol. The summed E-state index contributed by atoms with van der Waals surface area (Å²) >= 11 is 0. The van der Waals surface area contributed by atoms with E-state index in [9.17, 15) is 9.90 Å². The predicted octanol–water partition coefficient (Wildman–Crippen LogP) is 4.34. The molecule has 1 heterocycles. The molecule has 0 radical (unpaired) electrons. The monoisotopic (exact) mass is 340 g/mol. The number of carbonyl (C=O) groups excluding carboxylic acids is 1. The van der Waals surface area contributed by atoms with Crippen LogP contribution in [0, 0.1) is 0 Å². The van der Waals surface area contributed by atoms with E-state index in [0.717, 1.165) is 29.9 Å². The highest BCUT2D eigenvalue weighted by Crippen LogP contribution is 2.33. The Balaban J connectivity index is 2.01. The molecular formula is C20H24N2O3. The largest absolute Gasteiger partial charge is 0.508 e. The number of phenolic OH excluding ortho intramolecular Hbond substituents is 1. The number of benzene rings is 1. The molecule has 1 aliphatic carbocycles. The van der Waals surface area contributed by atoms with Crippen molar-refractivity contribution in [1.29, 1.82) is 0 Å². The summed E-state index contributed by atoms with van der Waals surface area (Å²) in [6, 6.07) is 7.51. The quantitative estimate of drug-likeness (QED) is 0.664. The highest BCUT2D eigenvalue weighted by molar-refractivity contribution is 5.92. The van der Waals surface area contributed by atoms with Crippen molar-refractivity contribution in [2.75, 3.05) is 7.11 Å². The normalized spacial score (nSPS) is 16.0. The fourth-order valence-corrected chi connectivity index (χ4v) is 3.39. The van der Waals surface area contributed by atoms with Gasteiger partial charge in [0.2, 0.25) is 0 Å². The molecule has 0 aliphatic heterocycles. The molecule has 1 saturated carbocycles. The van der Waals surface area contributed by atoms with Crippen LogP contribution < -0.4 is 0 Å². The molecule has 5 heteroatoms. The lowest BCUT2D eigenvalue weighted by Crippen LogP contribution is -2.13. The Bertz CT molecular complexity index is 769. The van der Waals surface area contributed by atoms with Gasteiger partial charge in [0.25, 0.3) is 0 Å². The summed E-state index contributed by atoms with van der Waals surface area (Å²) in [4.78, 5) is 16.4. The fourth-order valence-electron chi connectivity index (χ4n) is 3.39. The van der Waals surface area contributed by atoms with Gasteiger partial charge in [-0.15, -0.1) is 0 Å². The Morgan fingerprint density at radius 1 is 1.24 bits per heavy atom. The van der Waals surface area contributed by atoms with Gasteiger partial charge in [0, 0.05) is 23.4 Å². The summed E-state index contributed by atoms with van der Waals surface area (Å²) in [6.45, 7) is 1.73. The Kier molecular flexibility index (Phi) is 5.22. The van der Waals surface area contributed by atoms with Crippen molar-refractivity contribution in [3.8, 4) is 17.1 Å². The van der Waals surface area contributed by atoms with E-state index in [1.54, 1.807) is 25.1 Å². The number of carbonyl (C=O) groups is 1. The maximum absolute atomic E-state index is 11.7. The first kappa shape index (κ1) is 17.3. The van der Waals surface area contributed by atoms with Crippen molar-refractivity contribution in [3.63, 3.8) is 0 Å². The van der Waals surface area contributed by atoms with E-state index in [2.05, 4.69) is 4.57 Å². The number of phenols is 1. The number of ether oxygens (including phenoxy) is 1. The van der Waals surface area contributed by atoms with Gasteiger partial charge in [0.15, 0.2) is 0 Å². The van der Waals surface area contributed by atoms with Crippen LogP contribution in [0.2, 0.25) is 0 Å². The minimum atomic E-state index is -0.349. The second-order valence-electron chi connectivity index (χ2n) is 6.55. The van der Waals surface area contributed by atoms with E-state index in [-0.39, 0.29) is 11.7 Å². The number of aromatic hydroxyl groups is 1. The van der Waals surface area contributed by atoms with Gasteiger partial charge in [0.05, 0.1) is 12.8 Å². The molecule has 25 heavy (non-hydrogen) atoms. The van der Waals surface area contributed by atoms with E-state index in [4.69, 9.17) is 9.72 Å². The standard InChI is InChI=1S/C20H24N2O3/c1-14(20(24)25-2)12-16-13-22(17-6-4-3-5-7-17)19(21-16)15-8-10-18(23)11-9-15/h8-13,17,23H,3-7H2,1-2H3/b14-12+. The highest BCUT2D eigenvalue weighted by Gasteiger charge is 2.20. The van der Waals surface area contributed by atoms with E-state index in [1.807, 2.05) is 18.3 Å². The first-order chi connectivity index (χ1) is 12.1. The summed E-state index contributed by atoms with van der Waals surface area (Å²) in [5.74, 6) is 0.760. The van der Waals surface area contributed by atoms with Crippen LogP contribution in [0.15, 0.2) is 36.0 Å². The van der Waals surface area contributed by atoms with Crippen LogP contribution in [0.5, 0.6) is 5.75 Å². The first-order valence-corrected chi connectivity index (χ1v) is 8.73. The third kappa shape index (κ3) is 3.92. The molecule has 1 aromatic heterocycles. The number of hydrogen-bond donors (Lipinski definition) is 1. The molecule has 1 fully saturated rings. The minimum Gasteiger partial charge on any atom is -0.508 e. The van der Waals surface area contributed by atoms with Crippen LogP contribution in [0.1, 0.15) is 50.8 Å². The van der Waals surface area contributed by atoms with Gasteiger partial charge >= 0.3 is 5.97 Å². The molecule has 0 unspecified atom stereocenters. The van der Waals surface area contributed by atoms with Crippen LogP contribution >= 0.6 is 0 Å². The number of methoxy groups -OCH3 is 1. The lowest BCUT2D eigenvalue weighted by Gasteiger charge is -2.24. The molecule has 0 spiro atoms. The van der Waals surface area contributed by atoms with Gasteiger partial charge in [-0.25, -0.2) is 9.78 Å². The summed E-state index contributed by atoms with van der Waals surface area (Å²) in [7, 11) is 1.38. The Morgan fingerprint density at radius 3 is 2.56 bits per heavy atom. The third-order valence-corrected chi connectivity index (χ3v) is 4.72. The Morgan fingerprint density at radius 2 is 1.92 bits per heavy atom. The molecule has 1 N–H and O–H groups in total. The predicted molar refractivity (Wildman–Crippen MR) is 97.1 cm³/mol. The number of hydrogen-bond acceptors (Lipinski definition) is 4. The molecule has 3 rings (SSSR count). The SMILES string of the molecule is COC(=O)/C(C)=C/c1cn(C2CCCCC2)c(-c2ccc(O)cc2)n1. The number of aromatic nitrogens is 2. The molecule has 132 valence electrons. The second kappa shape index (κ2) is 7.55. The van der Waals surface area contributed by atoms with Crippen molar-refractivity contribution in [2.45, 2.75) is 45.1 Å². The average Bonchev–Trinajstić information content (AvgIpc) is 3.06. The van der Waals surface area contributed by atoms with Crippen LogP contribution in [0.4, 0.5) is 0 Å². The highest BCUT2D eigenvalue weighted by atomic mass is 16.5. The van der Waals surface area contributed by atoms with Crippen LogP contribution in [0.25, 0.3) is 17.5 Å². The lowest BCUT2D eigenvalue weighted by atomic mass is 9.95. The molecule has 0 atom stereocenters. The molecular weight excluding hydrogens is 316 g/mol. The van der Waals surface area contributed by atoms with Gasteiger partial charge in [-0.1, -0.05) is 19.3 Å². The Labute approximate surface area is 148 Å². The number of rotatable bonds is 4. The molecule has 0 saturated heterocycles. The maximum Gasteiger partial charge on any atom is 0.333 e. The van der Waals surface area contributed by atoms with Crippen molar-refractivity contribution in [2.24, 2.45) is 0 Å². The van der Waals surface area contributed by atoms with Crippen LogP contribution in [-0.2, 0) is 9.53 Å². The van der Waals surface area contributed by atoms with Crippen molar-refractivity contribution >= 4 is 12.0 Å². The van der Waals surface area contributed by atoms with E-state index >= 15 is 0 Å². The van der Waals surface area contributed by atoms with Gasteiger partial charge in [-0.05, 0) is 50.1 Å². The molecule has 1 aromatic carbocycles. The van der Waals surface area contributed by atoms with E-state index < -0.39 is 0 Å². The molecule has 1 aliphatic rings. The number of esters is 1. The van der Waals surface area contributed by atoms with Crippen molar-refractivity contribution in [1.82, 2.24) is 9.55 Å². The van der Waals surface area contributed by atoms with E-state index in [1.165, 1.54) is 26.4 Å². The summed E-state index contributed by atoms with van der Waals surface area (Å²) in [6.07, 6.45) is 9.79. The Hall–Kier alpha value is -2.56.